The van der Waals surface area contributed by atoms with Crippen LogP contribution in [0.2, 0.25) is 0 Å². The molecular weight excluding hydrogens is 465 g/mol. The van der Waals surface area contributed by atoms with Gasteiger partial charge in [-0.15, -0.1) is 0 Å². The number of hydrogen-bond acceptors (Lipinski definition) is 6. The van der Waals surface area contributed by atoms with Crippen LogP contribution in [0.5, 0.6) is 0 Å². The number of rotatable bonds is 10. The van der Waals surface area contributed by atoms with E-state index >= 15 is 0 Å². The lowest BCUT2D eigenvalue weighted by Crippen LogP contribution is -2.47. The SMILES string of the molecule is CSCCC(NS(=O)(=O)c1ccccc1F)C(=O)N(C)Cc1ccc(N2CCOCC2)cc1. The number of hydrogen-bond donors (Lipinski definition) is 1. The van der Waals surface area contributed by atoms with Crippen LogP contribution in [0.3, 0.4) is 0 Å². The molecule has 0 saturated carbocycles. The molecule has 3 rings (SSSR count). The Labute approximate surface area is 199 Å². The van der Waals surface area contributed by atoms with Crippen LogP contribution < -0.4 is 9.62 Å². The smallest absolute Gasteiger partial charge is 0.244 e. The van der Waals surface area contributed by atoms with E-state index in [2.05, 4.69) is 9.62 Å². The van der Waals surface area contributed by atoms with Crippen LogP contribution >= 0.6 is 11.8 Å². The number of sulfonamides is 1. The maximum Gasteiger partial charge on any atom is 0.244 e. The Bertz CT molecular complexity index is 1030. The molecule has 0 aliphatic carbocycles. The Morgan fingerprint density at radius 2 is 1.85 bits per heavy atom. The quantitative estimate of drug-likeness (QED) is 0.546. The second-order valence-corrected chi connectivity index (χ2v) is 10.5. The number of ether oxygens (including phenoxy) is 1. The first kappa shape index (κ1) is 25.5. The zero-order chi connectivity index (χ0) is 23.8. The minimum atomic E-state index is -4.19. The molecule has 180 valence electrons. The van der Waals surface area contributed by atoms with Crippen LogP contribution in [0.4, 0.5) is 10.1 Å². The number of thioether (sulfide) groups is 1. The van der Waals surface area contributed by atoms with Crippen molar-refractivity contribution in [1.82, 2.24) is 9.62 Å². The van der Waals surface area contributed by atoms with Crippen molar-refractivity contribution in [1.29, 1.82) is 0 Å². The van der Waals surface area contributed by atoms with Gasteiger partial charge in [-0.1, -0.05) is 24.3 Å². The minimum Gasteiger partial charge on any atom is -0.378 e. The van der Waals surface area contributed by atoms with E-state index in [4.69, 9.17) is 4.74 Å². The van der Waals surface area contributed by atoms with Crippen molar-refractivity contribution in [2.75, 3.05) is 50.3 Å². The molecule has 2 aromatic carbocycles. The van der Waals surface area contributed by atoms with E-state index in [1.165, 1.54) is 34.9 Å². The highest BCUT2D eigenvalue weighted by Crippen LogP contribution is 2.19. The van der Waals surface area contributed by atoms with Gasteiger partial charge < -0.3 is 14.5 Å². The lowest BCUT2D eigenvalue weighted by Gasteiger charge is -2.29. The maximum absolute atomic E-state index is 14.1. The molecule has 1 heterocycles. The van der Waals surface area contributed by atoms with Crippen LogP contribution in [0.25, 0.3) is 0 Å². The third kappa shape index (κ3) is 6.92. The molecule has 1 fully saturated rings. The Balaban J connectivity index is 1.68. The molecule has 0 bridgehead atoms. The van der Waals surface area contributed by atoms with Crippen molar-refractivity contribution in [3.63, 3.8) is 0 Å². The number of benzene rings is 2. The Morgan fingerprint density at radius 3 is 2.48 bits per heavy atom. The average molecular weight is 496 g/mol. The van der Waals surface area contributed by atoms with E-state index in [0.29, 0.717) is 31.9 Å². The molecule has 10 heteroatoms. The molecule has 1 atom stereocenters. The molecule has 1 N–H and O–H groups in total. The summed E-state index contributed by atoms with van der Waals surface area (Å²) in [6.07, 6.45) is 2.18. The highest BCUT2D eigenvalue weighted by atomic mass is 32.2. The lowest BCUT2D eigenvalue weighted by molar-refractivity contribution is -0.132. The topological polar surface area (TPSA) is 79.0 Å². The third-order valence-electron chi connectivity index (χ3n) is 5.44. The van der Waals surface area contributed by atoms with E-state index in [0.717, 1.165) is 30.4 Å². The molecule has 33 heavy (non-hydrogen) atoms. The Hall–Kier alpha value is -2.14. The zero-order valence-corrected chi connectivity index (χ0v) is 20.5. The molecule has 0 radical (unpaired) electrons. The van der Waals surface area contributed by atoms with E-state index in [1.54, 1.807) is 7.05 Å². The monoisotopic (exact) mass is 495 g/mol. The van der Waals surface area contributed by atoms with Crippen LogP contribution in [0.15, 0.2) is 53.4 Å². The average Bonchev–Trinajstić information content (AvgIpc) is 2.82. The standard InChI is InChI=1S/C23H30FN3O4S2/c1-26(17-18-7-9-19(10-8-18)27-12-14-31-15-13-27)23(28)21(11-16-32-2)25-33(29,30)22-6-4-3-5-20(22)24/h3-10,21,25H,11-17H2,1-2H3. The Morgan fingerprint density at radius 1 is 1.18 bits per heavy atom. The molecule has 1 amide bonds. The number of halogens is 1. The largest absolute Gasteiger partial charge is 0.378 e. The molecule has 2 aromatic rings. The summed E-state index contributed by atoms with van der Waals surface area (Å²) in [5.74, 6) is -0.630. The third-order valence-corrected chi connectivity index (χ3v) is 7.59. The van der Waals surface area contributed by atoms with Crippen LogP contribution in [0, 0.1) is 5.82 Å². The summed E-state index contributed by atoms with van der Waals surface area (Å²) >= 11 is 1.51. The van der Waals surface area contributed by atoms with Crippen molar-refractivity contribution in [2.24, 2.45) is 0 Å². The summed E-state index contributed by atoms with van der Waals surface area (Å²) < 4.78 is 47.4. The fourth-order valence-electron chi connectivity index (χ4n) is 3.63. The van der Waals surface area contributed by atoms with Crippen LogP contribution in [-0.2, 0) is 26.1 Å². The van der Waals surface area contributed by atoms with Crippen molar-refractivity contribution in [2.45, 2.75) is 23.9 Å². The highest BCUT2D eigenvalue weighted by molar-refractivity contribution is 7.98. The number of nitrogens with one attached hydrogen (secondary N) is 1. The molecule has 1 unspecified atom stereocenters. The minimum absolute atomic E-state index is 0.300. The van der Waals surface area contributed by atoms with Gasteiger partial charge in [0.15, 0.2) is 0 Å². The van der Waals surface area contributed by atoms with E-state index in [-0.39, 0.29) is 5.91 Å². The fourth-order valence-corrected chi connectivity index (χ4v) is 5.41. The number of anilines is 1. The van der Waals surface area contributed by atoms with Gasteiger partial charge in [-0.05, 0) is 48.3 Å². The summed E-state index contributed by atoms with van der Waals surface area (Å²) in [7, 11) is -2.55. The molecule has 1 saturated heterocycles. The highest BCUT2D eigenvalue weighted by Gasteiger charge is 2.29. The summed E-state index contributed by atoms with van der Waals surface area (Å²) in [6.45, 7) is 3.44. The van der Waals surface area contributed by atoms with Gasteiger partial charge in [0.05, 0.1) is 13.2 Å². The first-order chi connectivity index (χ1) is 15.8. The van der Waals surface area contributed by atoms with Crippen molar-refractivity contribution in [3.05, 3.63) is 59.9 Å². The van der Waals surface area contributed by atoms with Gasteiger partial charge in [0.1, 0.15) is 16.8 Å². The van der Waals surface area contributed by atoms with E-state index < -0.39 is 26.8 Å². The van der Waals surface area contributed by atoms with E-state index in [9.17, 15) is 17.6 Å². The van der Waals surface area contributed by atoms with Crippen molar-refractivity contribution >= 4 is 33.4 Å². The number of carbonyl (C=O) groups is 1. The van der Waals surface area contributed by atoms with Gasteiger partial charge in [0, 0.05) is 32.4 Å². The van der Waals surface area contributed by atoms with Crippen LogP contribution in [-0.4, -0.2) is 70.6 Å². The molecule has 0 aromatic heterocycles. The second-order valence-electron chi connectivity index (χ2n) is 7.85. The Kier molecular flexibility index (Phi) is 9.13. The van der Waals surface area contributed by atoms with Crippen molar-refractivity contribution in [3.8, 4) is 0 Å². The van der Waals surface area contributed by atoms with E-state index in [1.807, 2.05) is 30.5 Å². The maximum atomic E-state index is 14.1. The molecule has 0 spiro atoms. The summed E-state index contributed by atoms with van der Waals surface area (Å²) in [5, 5.41) is 0. The summed E-state index contributed by atoms with van der Waals surface area (Å²) in [4.78, 5) is 16.4. The summed E-state index contributed by atoms with van der Waals surface area (Å²) in [6, 6.07) is 12.1. The number of morpholine rings is 1. The number of carbonyl (C=O) groups excluding carboxylic acids is 1. The zero-order valence-electron chi connectivity index (χ0n) is 18.9. The second kappa shape index (κ2) is 11.8. The fraction of sp³-hybridized carbons (Fsp3) is 0.435. The number of nitrogens with zero attached hydrogens (tertiary/aromatic N) is 2. The molecule has 1 aliphatic heterocycles. The normalized spacial score (nSPS) is 15.3. The van der Waals surface area contributed by atoms with Gasteiger partial charge in [0.25, 0.3) is 0 Å². The number of amides is 1. The van der Waals surface area contributed by atoms with Gasteiger partial charge in [0.2, 0.25) is 15.9 Å². The van der Waals surface area contributed by atoms with Crippen molar-refractivity contribution < 1.29 is 22.3 Å². The first-order valence-electron chi connectivity index (χ1n) is 10.7. The molecule has 7 nitrogen and oxygen atoms in total. The number of likely N-dealkylation sites (N-methyl/N-ethyl adjacent to an activating group) is 1. The molecule has 1 aliphatic rings. The first-order valence-corrected chi connectivity index (χ1v) is 13.6. The summed E-state index contributed by atoms with van der Waals surface area (Å²) in [5.41, 5.74) is 2.04. The van der Waals surface area contributed by atoms with Gasteiger partial charge in [-0.3, -0.25) is 4.79 Å². The van der Waals surface area contributed by atoms with Gasteiger partial charge >= 0.3 is 0 Å². The van der Waals surface area contributed by atoms with Gasteiger partial charge in [-0.2, -0.15) is 16.5 Å². The van der Waals surface area contributed by atoms with Crippen LogP contribution in [0.1, 0.15) is 12.0 Å². The lowest BCUT2D eigenvalue weighted by atomic mass is 10.1. The molecular formula is C23H30FN3O4S2. The van der Waals surface area contributed by atoms with Gasteiger partial charge in [-0.25, -0.2) is 12.8 Å². The predicted molar refractivity (Wildman–Crippen MR) is 129 cm³/mol. The predicted octanol–water partition coefficient (Wildman–Crippen LogP) is 2.72.